The molecule has 1 unspecified atom stereocenters. The third kappa shape index (κ3) is 7.48. The van der Waals surface area contributed by atoms with Crippen LogP contribution in [0.25, 0.3) is 0 Å². The van der Waals surface area contributed by atoms with Crippen molar-refractivity contribution in [1.29, 1.82) is 0 Å². The number of nitrogens with one attached hydrogen (secondary N) is 3. The molecule has 22 heavy (non-hydrogen) atoms. The first-order chi connectivity index (χ1) is 10.7. The number of guanidine groups is 1. The highest BCUT2D eigenvalue weighted by molar-refractivity contribution is 5.80. The van der Waals surface area contributed by atoms with Crippen LogP contribution in [0.4, 0.5) is 0 Å². The van der Waals surface area contributed by atoms with E-state index in [9.17, 15) is 0 Å². The fraction of sp³-hybridized carbons (Fsp3) is 0.765. The van der Waals surface area contributed by atoms with Crippen LogP contribution < -0.4 is 10.6 Å². The van der Waals surface area contributed by atoms with E-state index in [1.165, 1.54) is 36.9 Å². The molecule has 1 aromatic heterocycles. The lowest BCUT2D eigenvalue weighted by Gasteiger charge is -2.17. The molecule has 0 aromatic carbocycles. The average Bonchev–Trinajstić information content (AvgIpc) is 2.89. The molecule has 0 fully saturated rings. The Hall–Kier alpha value is -1.52. The lowest BCUT2D eigenvalue weighted by molar-refractivity contribution is 0.546. The molecule has 0 radical (unpaired) electrons. The fourth-order valence-electron chi connectivity index (χ4n) is 2.41. The maximum absolute atomic E-state index is 4.67. The molecule has 1 atom stereocenters. The summed E-state index contributed by atoms with van der Waals surface area (Å²) in [6.45, 7) is 10.4. The molecule has 0 amide bonds. The Labute approximate surface area is 135 Å². The molecule has 1 heterocycles. The van der Waals surface area contributed by atoms with E-state index in [-0.39, 0.29) is 0 Å². The van der Waals surface area contributed by atoms with Crippen LogP contribution in [0.2, 0.25) is 0 Å². The summed E-state index contributed by atoms with van der Waals surface area (Å²) in [7, 11) is 0. The smallest absolute Gasteiger partial charge is 0.191 e. The molecule has 126 valence electrons. The zero-order chi connectivity index (χ0) is 16.2. The third-order valence-electron chi connectivity index (χ3n) is 3.78. The summed E-state index contributed by atoms with van der Waals surface area (Å²) in [5.41, 5.74) is 2.46. The van der Waals surface area contributed by atoms with E-state index in [1.807, 2.05) is 6.20 Å². The van der Waals surface area contributed by atoms with Gasteiger partial charge in [-0.1, -0.05) is 26.2 Å². The van der Waals surface area contributed by atoms with Gasteiger partial charge < -0.3 is 10.6 Å². The van der Waals surface area contributed by atoms with Crippen LogP contribution in [0.15, 0.2) is 11.2 Å². The monoisotopic (exact) mass is 307 g/mol. The molecule has 0 bridgehead atoms. The van der Waals surface area contributed by atoms with Crippen molar-refractivity contribution in [2.24, 2.45) is 4.99 Å². The van der Waals surface area contributed by atoms with Crippen molar-refractivity contribution >= 4 is 5.96 Å². The lowest BCUT2D eigenvalue weighted by Crippen LogP contribution is -2.42. The van der Waals surface area contributed by atoms with Gasteiger partial charge in [0.2, 0.25) is 0 Å². The van der Waals surface area contributed by atoms with Crippen molar-refractivity contribution in [3.8, 4) is 0 Å². The molecule has 0 saturated heterocycles. The van der Waals surface area contributed by atoms with E-state index in [1.54, 1.807) is 0 Å². The van der Waals surface area contributed by atoms with Gasteiger partial charge in [-0.25, -0.2) is 0 Å². The van der Waals surface area contributed by atoms with Crippen molar-refractivity contribution in [2.75, 3.05) is 13.1 Å². The molecule has 5 nitrogen and oxygen atoms in total. The molecule has 3 N–H and O–H groups in total. The summed E-state index contributed by atoms with van der Waals surface area (Å²) in [5, 5.41) is 13.9. The van der Waals surface area contributed by atoms with Gasteiger partial charge in [0.1, 0.15) is 0 Å². The van der Waals surface area contributed by atoms with Gasteiger partial charge in [0.15, 0.2) is 5.96 Å². The largest absolute Gasteiger partial charge is 0.357 e. The molecule has 5 heteroatoms. The Bertz CT molecular complexity index is 424. The predicted octanol–water partition coefficient (Wildman–Crippen LogP) is 3.17. The summed E-state index contributed by atoms with van der Waals surface area (Å²) in [4.78, 5) is 4.67. The maximum Gasteiger partial charge on any atom is 0.191 e. The first-order valence-electron chi connectivity index (χ1n) is 8.71. The predicted molar refractivity (Wildman–Crippen MR) is 94.4 cm³/mol. The van der Waals surface area contributed by atoms with E-state index >= 15 is 0 Å². The highest BCUT2D eigenvalue weighted by Gasteiger charge is 2.05. The van der Waals surface area contributed by atoms with Crippen LogP contribution in [-0.4, -0.2) is 35.3 Å². The molecule has 1 aromatic rings. The van der Waals surface area contributed by atoms with E-state index in [0.717, 1.165) is 31.9 Å². The maximum atomic E-state index is 4.67. The SMILES string of the molecule is CCCCCC(C)NC(=NCCCc1cn[nH]c1C)NCC. The van der Waals surface area contributed by atoms with Crippen LogP contribution >= 0.6 is 0 Å². The van der Waals surface area contributed by atoms with Gasteiger partial charge in [0, 0.05) is 24.8 Å². The third-order valence-corrected chi connectivity index (χ3v) is 3.78. The Morgan fingerprint density at radius 3 is 2.77 bits per heavy atom. The highest BCUT2D eigenvalue weighted by atomic mass is 15.2. The lowest BCUT2D eigenvalue weighted by atomic mass is 10.1. The van der Waals surface area contributed by atoms with Gasteiger partial charge in [0.25, 0.3) is 0 Å². The number of aromatic amines is 1. The molecule has 0 aliphatic carbocycles. The van der Waals surface area contributed by atoms with Crippen molar-refractivity contribution in [3.63, 3.8) is 0 Å². The summed E-state index contributed by atoms with van der Waals surface area (Å²) >= 11 is 0. The van der Waals surface area contributed by atoms with Crippen molar-refractivity contribution in [3.05, 3.63) is 17.5 Å². The molecule has 0 spiro atoms. The number of hydrogen-bond acceptors (Lipinski definition) is 2. The molecule has 1 rings (SSSR count). The summed E-state index contributed by atoms with van der Waals surface area (Å²) in [5.74, 6) is 0.940. The number of nitrogens with zero attached hydrogens (tertiary/aromatic N) is 2. The second-order valence-electron chi connectivity index (χ2n) is 5.93. The summed E-state index contributed by atoms with van der Waals surface area (Å²) in [6, 6.07) is 0.473. The Morgan fingerprint density at radius 1 is 1.32 bits per heavy atom. The van der Waals surface area contributed by atoms with Crippen LogP contribution in [0, 0.1) is 6.92 Å². The van der Waals surface area contributed by atoms with Crippen molar-refractivity contribution < 1.29 is 0 Å². The molecular formula is C17H33N5. The Morgan fingerprint density at radius 2 is 2.14 bits per heavy atom. The molecule has 0 aliphatic heterocycles. The number of H-pyrrole nitrogens is 1. The Kier molecular flexibility index (Phi) is 9.35. The van der Waals surface area contributed by atoms with Crippen LogP contribution in [0.5, 0.6) is 0 Å². The number of aromatic nitrogens is 2. The first-order valence-corrected chi connectivity index (χ1v) is 8.71. The molecule has 0 saturated carbocycles. The summed E-state index contributed by atoms with van der Waals surface area (Å²) in [6.07, 6.45) is 9.05. The standard InChI is InChI=1S/C17H33N5/c1-5-7-8-10-14(3)21-17(18-6-2)19-12-9-11-16-13-20-22-15(16)4/h13-14H,5-12H2,1-4H3,(H,20,22)(H2,18,19,21). The van der Waals surface area contributed by atoms with Gasteiger partial charge in [-0.3, -0.25) is 10.1 Å². The van der Waals surface area contributed by atoms with Gasteiger partial charge in [-0.15, -0.1) is 0 Å². The van der Waals surface area contributed by atoms with Crippen LogP contribution in [0.1, 0.15) is 64.1 Å². The van der Waals surface area contributed by atoms with Gasteiger partial charge in [-0.05, 0) is 45.6 Å². The fourth-order valence-corrected chi connectivity index (χ4v) is 2.41. The Balaban J connectivity index is 2.33. The minimum atomic E-state index is 0.473. The number of hydrogen-bond donors (Lipinski definition) is 3. The molecule has 0 aliphatic rings. The van der Waals surface area contributed by atoms with E-state index in [0.29, 0.717) is 6.04 Å². The second kappa shape index (κ2) is 11.1. The van der Waals surface area contributed by atoms with E-state index < -0.39 is 0 Å². The minimum Gasteiger partial charge on any atom is -0.357 e. The number of aryl methyl sites for hydroxylation is 2. The second-order valence-corrected chi connectivity index (χ2v) is 5.93. The number of aliphatic imine (C=N–C) groups is 1. The quantitative estimate of drug-likeness (QED) is 0.353. The van der Waals surface area contributed by atoms with Crippen LogP contribution in [0.3, 0.4) is 0 Å². The highest BCUT2D eigenvalue weighted by Crippen LogP contribution is 2.06. The van der Waals surface area contributed by atoms with Crippen molar-refractivity contribution in [2.45, 2.75) is 72.3 Å². The van der Waals surface area contributed by atoms with Gasteiger partial charge >= 0.3 is 0 Å². The van der Waals surface area contributed by atoms with Gasteiger partial charge in [-0.2, -0.15) is 5.10 Å². The summed E-state index contributed by atoms with van der Waals surface area (Å²) < 4.78 is 0. The zero-order valence-corrected chi connectivity index (χ0v) is 14.7. The minimum absolute atomic E-state index is 0.473. The number of unbranched alkanes of at least 4 members (excludes halogenated alkanes) is 2. The topological polar surface area (TPSA) is 65.1 Å². The van der Waals surface area contributed by atoms with E-state index in [2.05, 4.69) is 53.5 Å². The normalized spacial score (nSPS) is 13.2. The molecular weight excluding hydrogens is 274 g/mol. The van der Waals surface area contributed by atoms with Crippen LogP contribution in [-0.2, 0) is 6.42 Å². The number of rotatable bonds is 10. The average molecular weight is 307 g/mol. The van der Waals surface area contributed by atoms with E-state index in [4.69, 9.17) is 0 Å². The first kappa shape index (κ1) is 18.5. The zero-order valence-electron chi connectivity index (χ0n) is 14.7. The van der Waals surface area contributed by atoms with Crippen molar-refractivity contribution in [1.82, 2.24) is 20.8 Å². The van der Waals surface area contributed by atoms with Gasteiger partial charge in [0.05, 0.1) is 6.20 Å².